The van der Waals surface area contributed by atoms with Gasteiger partial charge in [0.2, 0.25) is 5.95 Å². The topological polar surface area (TPSA) is 81.0 Å². The van der Waals surface area contributed by atoms with Crippen molar-refractivity contribution in [3.63, 3.8) is 0 Å². The summed E-state index contributed by atoms with van der Waals surface area (Å²) in [5, 5.41) is 4.27. The Labute approximate surface area is 170 Å². The Balaban J connectivity index is 1.37. The van der Waals surface area contributed by atoms with Crippen LogP contribution in [-0.4, -0.2) is 40.4 Å². The van der Waals surface area contributed by atoms with Gasteiger partial charge in [-0.25, -0.2) is 4.98 Å². The Bertz CT molecular complexity index is 1260. The first kappa shape index (κ1) is 17.7. The summed E-state index contributed by atoms with van der Waals surface area (Å²) in [6.07, 6.45) is 0.556. The average Bonchev–Trinajstić information content (AvgIpc) is 3.31. The van der Waals surface area contributed by atoms with Crippen LogP contribution < -0.4 is 4.90 Å². The molecular formula is C18H15N5O2S3. The van der Waals surface area contributed by atoms with E-state index >= 15 is 0 Å². The zero-order chi connectivity index (χ0) is 19.3. The zero-order valence-corrected chi connectivity index (χ0v) is 17.3. The number of nitrogens with zero attached hydrogens (tertiary/aromatic N) is 5. The van der Waals surface area contributed by atoms with Crippen molar-refractivity contribution in [2.24, 2.45) is 0 Å². The van der Waals surface area contributed by atoms with Gasteiger partial charge in [0.15, 0.2) is 10.2 Å². The lowest BCUT2D eigenvalue weighted by molar-refractivity contribution is 0.576. The minimum atomic E-state index is -3.72. The molecule has 0 radical (unpaired) electrons. The van der Waals surface area contributed by atoms with Crippen LogP contribution in [0.15, 0.2) is 57.8 Å². The van der Waals surface area contributed by atoms with Gasteiger partial charge >= 0.3 is 0 Å². The minimum Gasteiger partial charge on any atom is -0.312 e. The lowest BCUT2D eigenvalue weighted by Crippen LogP contribution is -2.28. The second-order valence-electron chi connectivity index (χ2n) is 6.25. The maximum Gasteiger partial charge on any atom is 0.288 e. The van der Waals surface area contributed by atoms with Crippen LogP contribution in [0.1, 0.15) is 5.82 Å². The van der Waals surface area contributed by atoms with Gasteiger partial charge in [-0.15, -0.1) is 20.5 Å². The van der Waals surface area contributed by atoms with Crippen LogP contribution in [0.2, 0.25) is 0 Å². The van der Waals surface area contributed by atoms with E-state index in [0.29, 0.717) is 23.9 Å². The van der Waals surface area contributed by atoms with Crippen molar-refractivity contribution in [3.05, 3.63) is 54.4 Å². The van der Waals surface area contributed by atoms with Gasteiger partial charge < -0.3 is 4.90 Å². The molecule has 2 aromatic heterocycles. The number of aryl methyl sites for hydroxylation is 1. The highest BCUT2D eigenvalue weighted by Crippen LogP contribution is 2.36. The standard InChI is InChI=1S/C18H15N5O2S3/c1-22-13-7-3-5-9-15(13)28(24,25)23-17(22)20-16(21-23)10-11-26-18-19-12-6-2-4-8-14(12)27-18/h2-9H,10-11H2,1H3. The first-order chi connectivity index (χ1) is 13.5. The lowest BCUT2D eigenvalue weighted by atomic mass is 10.3. The summed E-state index contributed by atoms with van der Waals surface area (Å²) in [6, 6.07) is 14.9. The molecule has 0 spiro atoms. The Hall–Kier alpha value is -2.43. The van der Waals surface area contributed by atoms with Gasteiger partial charge in [-0.2, -0.15) is 13.4 Å². The van der Waals surface area contributed by atoms with E-state index in [0.717, 1.165) is 24.4 Å². The molecule has 5 rings (SSSR count). The molecular weight excluding hydrogens is 414 g/mol. The summed E-state index contributed by atoms with van der Waals surface area (Å²) < 4.78 is 28.9. The summed E-state index contributed by atoms with van der Waals surface area (Å²) in [7, 11) is -1.92. The molecule has 0 atom stereocenters. The number of benzene rings is 2. The van der Waals surface area contributed by atoms with Gasteiger partial charge in [-0.05, 0) is 24.3 Å². The molecule has 1 aliphatic rings. The Morgan fingerprint density at radius 3 is 2.71 bits per heavy atom. The summed E-state index contributed by atoms with van der Waals surface area (Å²) in [6.45, 7) is 0. The van der Waals surface area contributed by atoms with Crippen molar-refractivity contribution in [1.82, 2.24) is 19.2 Å². The van der Waals surface area contributed by atoms with Crippen LogP contribution in [0.4, 0.5) is 11.6 Å². The highest BCUT2D eigenvalue weighted by Gasteiger charge is 2.34. The number of fused-ring (bicyclic) bond motifs is 3. The van der Waals surface area contributed by atoms with Crippen molar-refractivity contribution in [2.75, 3.05) is 17.7 Å². The monoisotopic (exact) mass is 429 g/mol. The molecule has 10 heteroatoms. The van der Waals surface area contributed by atoms with Crippen LogP contribution in [0.5, 0.6) is 0 Å². The fourth-order valence-electron chi connectivity index (χ4n) is 3.10. The average molecular weight is 430 g/mol. The highest BCUT2D eigenvalue weighted by molar-refractivity contribution is 8.01. The molecule has 4 aromatic rings. The number of anilines is 2. The summed E-state index contributed by atoms with van der Waals surface area (Å²) >= 11 is 3.28. The third-order valence-electron chi connectivity index (χ3n) is 4.46. The van der Waals surface area contributed by atoms with E-state index in [9.17, 15) is 8.42 Å². The molecule has 0 fully saturated rings. The number of para-hydroxylation sites is 2. The Morgan fingerprint density at radius 1 is 1.07 bits per heavy atom. The number of thiazole rings is 1. The SMILES string of the molecule is CN1c2ccccc2S(=O)(=O)n2nc(CCSc3nc4ccccc4s3)nc21. The maximum atomic E-state index is 12.9. The molecule has 0 unspecified atom stereocenters. The molecule has 1 aliphatic heterocycles. The molecule has 0 amide bonds. The zero-order valence-electron chi connectivity index (χ0n) is 14.8. The normalized spacial score (nSPS) is 14.8. The van der Waals surface area contributed by atoms with Crippen LogP contribution in [0.3, 0.4) is 0 Å². The smallest absolute Gasteiger partial charge is 0.288 e. The van der Waals surface area contributed by atoms with Gasteiger partial charge in [0.1, 0.15) is 4.90 Å². The van der Waals surface area contributed by atoms with Crippen molar-refractivity contribution in [3.8, 4) is 0 Å². The Kier molecular flexibility index (Phi) is 4.14. The molecule has 0 aliphatic carbocycles. The quantitative estimate of drug-likeness (QED) is 0.459. The summed E-state index contributed by atoms with van der Waals surface area (Å²) in [5.74, 6) is 1.55. The third kappa shape index (κ3) is 2.79. The molecule has 0 saturated heterocycles. The summed E-state index contributed by atoms with van der Waals surface area (Å²) in [5.41, 5.74) is 1.61. The molecule has 28 heavy (non-hydrogen) atoms. The van der Waals surface area contributed by atoms with E-state index in [1.54, 1.807) is 53.2 Å². The van der Waals surface area contributed by atoms with Crippen LogP contribution in [0, 0.1) is 0 Å². The van der Waals surface area contributed by atoms with E-state index in [1.165, 1.54) is 0 Å². The van der Waals surface area contributed by atoms with Gasteiger partial charge in [0.25, 0.3) is 10.0 Å². The molecule has 0 N–H and O–H groups in total. The van der Waals surface area contributed by atoms with Gasteiger partial charge in [0.05, 0.1) is 15.9 Å². The van der Waals surface area contributed by atoms with Gasteiger partial charge in [-0.3, -0.25) is 0 Å². The molecule has 2 aromatic carbocycles. The predicted molar refractivity (Wildman–Crippen MR) is 111 cm³/mol. The predicted octanol–water partition coefficient (Wildman–Crippen LogP) is 3.54. The molecule has 0 bridgehead atoms. The van der Waals surface area contributed by atoms with Crippen molar-refractivity contribution in [1.29, 1.82) is 0 Å². The van der Waals surface area contributed by atoms with Gasteiger partial charge in [0, 0.05) is 19.2 Å². The number of thioether (sulfide) groups is 1. The number of aromatic nitrogens is 4. The van der Waals surface area contributed by atoms with Gasteiger partial charge in [-0.1, -0.05) is 36.0 Å². The third-order valence-corrected chi connectivity index (χ3v) is 8.25. The fraction of sp³-hybridized carbons (Fsp3) is 0.167. The van der Waals surface area contributed by atoms with E-state index in [4.69, 9.17) is 0 Å². The Morgan fingerprint density at radius 2 is 1.86 bits per heavy atom. The summed E-state index contributed by atoms with van der Waals surface area (Å²) in [4.78, 5) is 11.1. The van der Waals surface area contributed by atoms with Crippen LogP contribution >= 0.6 is 23.1 Å². The first-order valence-corrected chi connectivity index (χ1v) is 11.8. The van der Waals surface area contributed by atoms with Crippen molar-refractivity contribution < 1.29 is 8.42 Å². The first-order valence-electron chi connectivity index (χ1n) is 8.57. The molecule has 3 heterocycles. The van der Waals surface area contributed by atoms with E-state index in [2.05, 4.69) is 21.1 Å². The van der Waals surface area contributed by atoms with Crippen molar-refractivity contribution >= 4 is 55.0 Å². The van der Waals surface area contributed by atoms with Crippen LogP contribution in [-0.2, 0) is 16.4 Å². The van der Waals surface area contributed by atoms with E-state index in [1.807, 2.05) is 24.3 Å². The van der Waals surface area contributed by atoms with Crippen molar-refractivity contribution in [2.45, 2.75) is 15.7 Å². The maximum absolute atomic E-state index is 12.9. The molecule has 142 valence electrons. The second-order valence-corrected chi connectivity index (χ2v) is 10.4. The largest absolute Gasteiger partial charge is 0.312 e. The number of rotatable bonds is 4. The fourth-order valence-corrected chi connectivity index (χ4v) is 6.66. The lowest BCUT2D eigenvalue weighted by Gasteiger charge is -2.25. The van der Waals surface area contributed by atoms with Crippen LogP contribution in [0.25, 0.3) is 10.2 Å². The van der Waals surface area contributed by atoms with E-state index in [-0.39, 0.29) is 4.90 Å². The highest BCUT2D eigenvalue weighted by atomic mass is 32.2. The second kappa shape index (κ2) is 6.57. The molecule has 0 saturated carbocycles. The number of hydrogen-bond donors (Lipinski definition) is 0. The minimum absolute atomic E-state index is 0.241. The number of hydrogen-bond acceptors (Lipinski definition) is 8. The molecule has 7 nitrogen and oxygen atoms in total. The van der Waals surface area contributed by atoms with E-state index < -0.39 is 10.0 Å².